The van der Waals surface area contributed by atoms with Gasteiger partial charge in [-0.05, 0) is 23.8 Å². The van der Waals surface area contributed by atoms with Crippen molar-refractivity contribution in [2.45, 2.75) is 19.8 Å². The highest BCUT2D eigenvalue weighted by molar-refractivity contribution is 5.66. The molecule has 2 rings (SSSR count). The zero-order chi connectivity index (χ0) is 16.9. The molecule has 0 heterocycles. The molecule has 0 aliphatic heterocycles. The number of nitrogens with zero attached hydrogens (tertiary/aromatic N) is 2. The zero-order valence-electron chi connectivity index (χ0n) is 13.1. The van der Waals surface area contributed by atoms with Gasteiger partial charge in [0, 0.05) is 19.3 Å². The van der Waals surface area contributed by atoms with Crippen LogP contribution in [0.3, 0.4) is 0 Å². The summed E-state index contributed by atoms with van der Waals surface area (Å²) in [5.74, 6) is 5.65. The lowest BCUT2D eigenvalue weighted by molar-refractivity contribution is -0.139. The number of hydrogen-bond donors (Lipinski definition) is 0. The molecule has 0 aromatic heterocycles. The van der Waals surface area contributed by atoms with E-state index in [9.17, 15) is 15.3 Å². The SMILES string of the molecule is C=C[C@@H]1C(C(C#N)(C#N)CC#CCOC(C)=O)=C[C@H]2C=CC1C2. The Hall–Kier alpha value is -2.77. The van der Waals surface area contributed by atoms with E-state index in [1.807, 2.05) is 12.2 Å². The van der Waals surface area contributed by atoms with Crippen LogP contribution >= 0.6 is 0 Å². The highest BCUT2D eigenvalue weighted by Gasteiger charge is 2.43. The van der Waals surface area contributed by atoms with Crippen LogP contribution in [0.1, 0.15) is 19.8 Å². The van der Waals surface area contributed by atoms with Gasteiger partial charge in [-0.25, -0.2) is 0 Å². The number of ether oxygens (including phenoxy) is 1. The Morgan fingerprint density at radius 1 is 1.43 bits per heavy atom. The average molecular weight is 306 g/mol. The number of carbonyl (C=O) groups excluding carboxylic acids is 1. The highest BCUT2D eigenvalue weighted by Crippen LogP contribution is 2.48. The van der Waals surface area contributed by atoms with E-state index in [0.717, 1.165) is 12.0 Å². The summed E-state index contributed by atoms with van der Waals surface area (Å²) in [5.41, 5.74) is -0.490. The van der Waals surface area contributed by atoms with Gasteiger partial charge >= 0.3 is 5.97 Å². The number of fused-ring (bicyclic) bond motifs is 2. The van der Waals surface area contributed by atoms with Crippen LogP contribution in [0, 0.1) is 57.7 Å². The Kier molecular flexibility index (Phi) is 5.05. The molecule has 4 nitrogen and oxygen atoms in total. The van der Waals surface area contributed by atoms with Crippen molar-refractivity contribution in [2.75, 3.05) is 6.61 Å². The van der Waals surface area contributed by atoms with Crippen LogP contribution in [0.4, 0.5) is 0 Å². The summed E-state index contributed by atoms with van der Waals surface area (Å²) in [7, 11) is 0. The Labute approximate surface area is 136 Å². The third-order valence-corrected chi connectivity index (χ3v) is 4.32. The van der Waals surface area contributed by atoms with Gasteiger partial charge in [0.1, 0.15) is 0 Å². The van der Waals surface area contributed by atoms with Crippen molar-refractivity contribution >= 4 is 5.97 Å². The molecule has 23 heavy (non-hydrogen) atoms. The molecule has 2 bridgehead atoms. The van der Waals surface area contributed by atoms with Crippen molar-refractivity contribution in [3.63, 3.8) is 0 Å². The zero-order valence-corrected chi connectivity index (χ0v) is 13.1. The molecule has 0 fully saturated rings. The maximum absolute atomic E-state index is 10.7. The summed E-state index contributed by atoms with van der Waals surface area (Å²) >= 11 is 0. The van der Waals surface area contributed by atoms with Crippen molar-refractivity contribution in [3.8, 4) is 24.0 Å². The minimum Gasteiger partial charge on any atom is -0.453 e. The molecular formula is C19H18N2O2. The van der Waals surface area contributed by atoms with Gasteiger partial charge in [-0.2, -0.15) is 10.5 Å². The third-order valence-electron chi connectivity index (χ3n) is 4.32. The second kappa shape index (κ2) is 6.99. The van der Waals surface area contributed by atoms with E-state index in [-0.39, 0.29) is 24.9 Å². The number of hydrogen-bond acceptors (Lipinski definition) is 4. The fourth-order valence-corrected chi connectivity index (χ4v) is 3.17. The van der Waals surface area contributed by atoms with Crippen molar-refractivity contribution in [3.05, 3.63) is 36.5 Å². The Morgan fingerprint density at radius 3 is 2.78 bits per heavy atom. The lowest BCUT2D eigenvalue weighted by atomic mass is 9.66. The first-order chi connectivity index (χ1) is 11.1. The maximum atomic E-state index is 10.7. The van der Waals surface area contributed by atoms with E-state index in [2.05, 4.69) is 42.7 Å². The first-order valence-electron chi connectivity index (χ1n) is 7.51. The third kappa shape index (κ3) is 3.36. The fourth-order valence-electron chi connectivity index (χ4n) is 3.17. The summed E-state index contributed by atoms with van der Waals surface area (Å²) in [4.78, 5) is 10.7. The molecule has 0 saturated carbocycles. The molecule has 0 radical (unpaired) electrons. The number of allylic oxidation sites excluding steroid dienone is 5. The van der Waals surface area contributed by atoms with E-state index in [1.165, 1.54) is 6.92 Å². The van der Waals surface area contributed by atoms with E-state index in [0.29, 0.717) is 5.92 Å². The van der Waals surface area contributed by atoms with Crippen LogP contribution in [0.15, 0.2) is 36.5 Å². The molecule has 0 saturated heterocycles. The lowest BCUT2D eigenvalue weighted by Gasteiger charge is -2.33. The van der Waals surface area contributed by atoms with Crippen molar-refractivity contribution < 1.29 is 9.53 Å². The Morgan fingerprint density at radius 2 is 2.17 bits per heavy atom. The second-order valence-electron chi connectivity index (χ2n) is 5.77. The summed E-state index contributed by atoms with van der Waals surface area (Å²) in [5, 5.41) is 19.3. The van der Waals surface area contributed by atoms with Gasteiger partial charge < -0.3 is 4.74 Å². The Balaban J connectivity index is 2.24. The minimum atomic E-state index is -1.29. The van der Waals surface area contributed by atoms with Crippen LogP contribution < -0.4 is 0 Å². The Bertz CT molecular complexity index is 692. The van der Waals surface area contributed by atoms with Crippen molar-refractivity contribution in [2.24, 2.45) is 23.2 Å². The normalized spacial score (nSPS) is 24.5. The monoisotopic (exact) mass is 306 g/mol. The quantitative estimate of drug-likeness (QED) is 0.455. The smallest absolute Gasteiger partial charge is 0.303 e. The first-order valence-corrected chi connectivity index (χ1v) is 7.51. The molecule has 0 amide bonds. The van der Waals surface area contributed by atoms with E-state index in [1.54, 1.807) is 0 Å². The molecular weight excluding hydrogens is 288 g/mol. The van der Waals surface area contributed by atoms with E-state index < -0.39 is 11.4 Å². The minimum absolute atomic E-state index is 0.0143. The molecule has 0 N–H and O–H groups in total. The molecule has 0 spiro atoms. The topological polar surface area (TPSA) is 73.9 Å². The molecule has 1 unspecified atom stereocenters. The standard InChI is InChI=1S/C19H18N2O2/c1-3-17-16-7-6-15(10-16)11-18(17)19(12-20,13-21)8-4-5-9-23-14(2)22/h3,6-7,11,15-17H,1,8-10H2,2H3/t15-,16?,17-/m0/s1. The molecule has 0 aromatic rings. The maximum Gasteiger partial charge on any atom is 0.303 e. The number of esters is 1. The molecule has 116 valence electrons. The van der Waals surface area contributed by atoms with Crippen LogP contribution in [0.5, 0.6) is 0 Å². The molecule has 2 aliphatic carbocycles. The van der Waals surface area contributed by atoms with Gasteiger partial charge in [0.2, 0.25) is 0 Å². The van der Waals surface area contributed by atoms with Gasteiger partial charge in [0.25, 0.3) is 0 Å². The molecule has 4 heteroatoms. The molecule has 0 aromatic carbocycles. The summed E-state index contributed by atoms with van der Waals surface area (Å²) in [6, 6.07) is 4.31. The predicted molar refractivity (Wildman–Crippen MR) is 85.2 cm³/mol. The van der Waals surface area contributed by atoms with Gasteiger partial charge in [-0.15, -0.1) is 6.58 Å². The second-order valence-corrected chi connectivity index (χ2v) is 5.77. The number of carbonyl (C=O) groups is 1. The van der Waals surface area contributed by atoms with Crippen LogP contribution in [0.2, 0.25) is 0 Å². The van der Waals surface area contributed by atoms with E-state index >= 15 is 0 Å². The lowest BCUT2D eigenvalue weighted by Crippen LogP contribution is -2.30. The fraction of sp³-hybridized carbons (Fsp3) is 0.421. The first kappa shape index (κ1) is 16.6. The highest BCUT2D eigenvalue weighted by atomic mass is 16.5. The summed E-state index contributed by atoms with van der Waals surface area (Å²) < 4.78 is 4.74. The van der Waals surface area contributed by atoms with Crippen LogP contribution in [-0.2, 0) is 9.53 Å². The van der Waals surface area contributed by atoms with E-state index in [4.69, 9.17) is 4.74 Å². The van der Waals surface area contributed by atoms with Crippen molar-refractivity contribution in [1.29, 1.82) is 10.5 Å². The van der Waals surface area contributed by atoms with Gasteiger partial charge in [0.05, 0.1) is 12.1 Å². The van der Waals surface area contributed by atoms with Crippen molar-refractivity contribution in [1.82, 2.24) is 0 Å². The molecule has 2 aliphatic rings. The van der Waals surface area contributed by atoms with Crippen LogP contribution in [-0.4, -0.2) is 12.6 Å². The summed E-state index contributed by atoms with van der Waals surface area (Å²) in [6.45, 7) is 5.15. The van der Waals surface area contributed by atoms with Gasteiger partial charge in [0.15, 0.2) is 12.0 Å². The largest absolute Gasteiger partial charge is 0.453 e. The van der Waals surface area contributed by atoms with Gasteiger partial charge in [-0.1, -0.05) is 36.1 Å². The average Bonchev–Trinajstić information content (AvgIpc) is 2.93. The number of nitriles is 2. The molecule has 3 atom stereocenters. The number of rotatable bonds is 4. The van der Waals surface area contributed by atoms with Gasteiger partial charge in [-0.3, -0.25) is 4.79 Å². The predicted octanol–water partition coefficient (Wildman–Crippen LogP) is 2.91. The summed E-state index contributed by atoms with van der Waals surface area (Å²) in [6.07, 6.45) is 9.21. The van der Waals surface area contributed by atoms with Crippen LogP contribution in [0.25, 0.3) is 0 Å².